The van der Waals surface area contributed by atoms with E-state index in [0.29, 0.717) is 5.89 Å². The van der Waals surface area contributed by atoms with Crippen LogP contribution in [0, 0.1) is 5.82 Å². The average molecular weight is 424 g/mol. The second-order valence-corrected chi connectivity index (χ2v) is 6.84. The second kappa shape index (κ2) is 7.72. The summed E-state index contributed by atoms with van der Waals surface area (Å²) >= 11 is 3.43. The van der Waals surface area contributed by atoms with Gasteiger partial charge < -0.3 is 9.73 Å². The van der Waals surface area contributed by atoms with Crippen molar-refractivity contribution in [3.8, 4) is 11.5 Å². The number of hydrogen-bond acceptors (Lipinski definition) is 4. The summed E-state index contributed by atoms with van der Waals surface area (Å²) in [5.41, 5.74) is 2.15. The molecular weight excluding hydrogens is 409 g/mol. The zero-order valence-corrected chi connectivity index (χ0v) is 15.7. The molecule has 3 aromatic carbocycles. The summed E-state index contributed by atoms with van der Waals surface area (Å²) < 4.78 is 20.9. The molecule has 1 heterocycles. The maximum atomic E-state index is 14.0. The highest BCUT2D eigenvalue weighted by Gasteiger charge is 2.22. The second-order valence-electron chi connectivity index (χ2n) is 5.92. The largest absolute Gasteiger partial charge is 0.418 e. The monoisotopic (exact) mass is 423 g/mol. The molecule has 1 N–H and O–H groups in total. The summed E-state index contributed by atoms with van der Waals surface area (Å²) in [6.45, 7) is 0. The smallest absolute Gasteiger partial charge is 0.250 e. The predicted molar refractivity (Wildman–Crippen MR) is 106 cm³/mol. The Bertz CT molecular complexity index is 1030. The first-order valence-corrected chi connectivity index (χ1v) is 9.15. The maximum absolute atomic E-state index is 14.0. The summed E-state index contributed by atoms with van der Waals surface area (Å²) in [5, 5.41) is 11.6. The summed E-state index contributed by atoms with van der Waals surface area (Å²) in [6, 6.07) is 23.6. The molecular formula is C21H15BrFN3O. The van der Waals surface area contributed by atoms with Crippen LogP contribution >= 0.6 is 15.9 Å². The minimum absolute atomic E-state index is 0.154. The zero-order valence-electron chi connectivity index (χ0n) is 14.1. The molecule has 0 saturated heterocycles. The first-order valence-electron chi connectivity index (χ1n) is 8.36. The Balaban J connectivity index is 1.71. The van der Waals surface area contributed by atoms with Crippen LogP contribution in [0.3, 0.4) is 0 Å². The predicted octanol–water partition coefficient (Wildman–Crippen LogP) is 5.84. The maximum Gasteiger partial charge on any atom is 0.250 e. The molecule has 27 heavy (non-hydrogen) atoms. The van der Waals surface area contributed by atoms with Crippen LogP contribution < -0.4 is 5.32 Å². The van der Waals surface area contributed by atoms with Crippen molar-refractivity contribution in [3.05, 3.63) is 101 Å². The highest BCUT2D eigenvalue weighted by Crippen LogP contribution is 2.29. The zero-order chi connectivity index (χ0) is 18.6. The molecule has 0 aliphatic rings. The van der Waals surface area contributed by atoms with Crippen LogP contribution in [-0.4, -0.2) is 10.2 Å². The van der Waals surface area contributed by atoms with Crippen molar-refractivity contribution < 1.29 is 8.81 Å². The molecule has 4 aromatic rings. The topological polar surface area (TPSA) is 51.0 Å². The third-order valence-electron chi connectivity index (χ3n) is 4.08. The van der Waals surface area contributed by atoms with Crippen LogP contribution in [0.4, 0.5) is 10.1 Å². The van der Waals surface area contributed by atoms with Gasteiger partial charge in [-0.2, -0.15) is 0 Å². The van der Waals surface area contributed by atoms with Gasteiger partial charge in [0.05, 0.1) is 5.56 Å². The molecule has 0 aliphatic heterocycles. The molecule has 0 unspecified atom stereocenters. The van der Waals surface area contributed by atoms with E-state index in [2.05, 4.69) is 31.4 Å². The molecule has 134 valence electrons. The SMILES string of the molecule is Fc1ccccc1-c1nnc([C@@H](Nc2ccc(Br)cc2)c2ccccc2)o1. The molecule has 4 rings (SSSR count). The van der Waals surface area contributed by atoms with Gasteiger partial charge in [-0.15, -0.1) is 10.2 Å². The third kappa shape index (κ3) is 3.90. The van der Waals surface area contributed by atoms with E-state index in [0.717, 1.165) is 15.7 Å². The van der Waals surface area contributed by atoms with Crippen molar-refractivity contribution in [2.24, 2.45) is 0 Å². The third-order valence-corrected chi connectivity index (χ3v) is 4.61. The van der Waals surface area contributed by atoms with Crippen molar-refractivity contribution >= 4 is 21.6 Å². The Morgan fingerprint density at radius 3 is 2.30 bits per heavy atom. The quantitative estimate of drug-likeness (QED) is 0.437. The van der Waals surface area contributed by atoms with Gasteiger partial charge in [0.25, 0.3) is 5.89 Å². The van der Waals surface area contributed by atoms with E-state index in [1.807, 2.05) is 54.6 Å². The Morgan fingerprint density at radius 2 is 1.56 bits per heavy atom. The number of hydrogen-bond donors (Lipinski definition) is 1. The molecule has 0 bridgehead atoms. The standard InChI is InChI=1S/C21H15BrFN3O/c22-15-10-12-16(13-11-15)24-19(14-6-2-1-3-7-14)21-26-25-20(27-21)17-8-4-5-9-18(17)23/h1-13,19,24H/t19-/m0/s1. The van der Waals surface area contributed by atoms with Gasteiger partial charge in [-0.25, -0.2) is 4.39 Å². The molecule has 1 aromatic heterocycles. The van der Waals surface area contributed by atoms with E-state index in [-0.39, 0.29) is 17.5 Å². The van der Waals surface area contributed by atoms with Gasteiger partial charge in [0.15, 0.2) is 0 Å². The van der Waals surface area contributed by atoms with E-state index in [9.17, 15) is 4.39 Å². The van der Waals surface area contributed by atoms with Crippen LogP contribution in [0.1, 0.15) is 17.5 Å². The first-order chi connectivity index (χ1) is 13.2. The van der Waals surface area contributed by atoms with Gasteiger partial charge in [-0.1, -0.05) is 58.4 Å². The van der Waals surface area contributed by atoms with Gasteiger partial charge >= 0.3 is 0 Å². The number of anilines is 1. The number of aromatic nitrogens is 2. The van der Waals surface area contributed by atoms with Crippen LogP contribution in [-0.2, 0) is 0 Å². The molecule has 0 amide bonds. The fraction of sp³-hybridized carbons (Fsp3) is 0.0476. The van der Waals surface area contributed by atoms with Crippen molar-refractivity contribution in [3.63, 3.8) is 0 Å². The van der Waals surface area contributed by atoms with E-state index in [4.69, 9.17) is 4.42 Å². The molecule has 4 nitrogen and oxygen atoms in total. The first kappa shape index (κ1) is 17.4. The van der Waals surface area contributed by atoms with Crippen LogP contribution in [0.25, 0.3) is 11.5 Å². The minimum atomic E-state index is -0.398. The number of nitrogens with one attached hydrogen (secondary N) is 1. The summed E-state index contributed by atoms with van der Waals surface area (Å²) in [5.74, 6) is 0.119. The lowest BCUT2D eigenvalue weighted by atomic mass is 10.1. The molecule has 0 radical (unpaired) electrons. The number of halogens is 2. The molecule has 0 spiro atoms. The van der Waals surface area contributed by atoms with Gasteiger partial charge in [0, 0.05) is 10.2 Å². The fourth-order valence-corrected chi connectivity index (χ4v) is 3.00. The Kier molecular flexibility index (Phi) is 4.98. The van der Waals surface area contributed by atoms with E-state index in [1.165, 1.54) is 6.07 Å². The van der Waals surface area contributed by atoms with Gasteiger partial charge in [0.1, 0.15) is 11.9 Å². The normalized spacial score (nSPS) is 11.9. The van der Waals surface area contributed by atoms with Crippen LogP contribution in [0.15, 0.2) is 87.8 Å². The average Bonchev–Trinajstić information content (AvgIpc) is 3.18. The number of benzene rings is 3. The Labute approximate surface area is 164 Å². The molecule has 6 heteroatoms. The lowest BCUT2D eigenvalue weighted by molar-refractivity contribution is 0.490. The van der Waals surface area contributed by atoms with Gasteiger partial charge in [-0.05, 0) is 42.0 Å². The lowest BCUT2D eigenvalue weighted by Crippen LogP contribution is -2.12. The van der Waals surface area contributed by atoms with Crippen molar-refractivity contribution in [2.75, 3.05) is 5.32 Å². The minimum Gasteiger partial charge on any atom is -0.418 e. The Morgan fingerprint density at radius 1 is 0.852 bits per heavy atom. The van der Waals surface area contributed by atoms with E-state index >= 15 is 0 Å². The number of rotatable bonds is 5. The van der Waals surface area contributed by atoms with Crippen molar-refractivity contribution in [2.45, 2.75) is 6.04 Å². The van der Waals surface area contributed by atoms with Crippen LogP contribution in [0.5, 0.6) is 0 Å². The molecule has 0 fully saturated rings. The van der Waals surface area contributed by atoms with Gasteiger partial charge in [0.2, 0.25) is 5.89 Å². The molecule has 1 atom stereocenters. The lowest BCUT2D eigenvalue weighted by Gasteiger charge is -2.17. The van der Waals surface area contributed by atoms with Crippen molar-refractivity contribution in [1.82, 2.24) is 10.2 Å². The van der Waals surface area contributed by atoms with Crippen molar-refractivity contribution in [1.29, 1.82) is 0 Å². The van der Waals surface area contributed by atoms with E-state index < -0.39 is 5.82 Å². The summed E-state index contributed by atoms with van der Waals surface area (Å²) in [4.78, 5) is 0. The number of nitrogens with zero attached hydrogens (tertiary/aromatic N) is 2. The van der Waals surface area contributed by atoms with Crippen LogP contribution in [0.2, 0.25) is 0 Å². The fourth-order valence-electron chi connectivity index (χ4n) is 2.74. The summed E-state index contributed by atoms with van der Waals surface area (Å²) in [7, 11) is 0. The highest BCUT2D eigenvalue weighted by molar-refractivity contribution is 9.10. The van der Waals surface area contributed by atoms with Gasteiger partial charge in [-0.3, -0.25) is 0 Å². The molecule has 0 saturated carbocycles. The van der Waals surface area contributed by atoms with E-state index in [1.54, 1.807) is 18.2 Å². The molecule has 0 aliphatic carbocycles. The highest BCUT2D eigenvalue weighted by atomic mass is 79.9. The summed E-state index contributed by atoms with van der Waals surface area (Å²) in [6.07, 6.45) is 0. The Hall–Kier alpha value is -2.99.